The van der Waals surface area contributed by atoms with Gasteiger partial charge in [-0.25, -0.2) is 0 Å². The van der Waals surface area contributed by atoms with Crippen molar-refractivity contribution in [3.63, 3.8) is 0 Å². The molecule has 104 valence electrons. The second-order valence-electron chi connectivity index (χ2n) is 4.71. The van der Waals surface area contributed by atoms with Crippen molar-refractivity contribution in [1.82, 2.24) is 0 Å². The van der Waals surface area contributed by atoms with Gasteiger partial charge in [0.1, 0.15) is 0 Å². The Morgan fingerprint density at radius 1 is 0.632 bits per heavy atom. The number of unbranched alkanes of at least 4 members (excludes halogenated alkanes) is 10. The van der Waals surface area contributed by atoms with Crippen LogP contribution >= 0.6 is 0 Å². The molecule has 0 saturated heterocycles. The highest BCUT2D eigenvalue weighted by atomic mass is 16.2. The topological polar surface area (TPSA) is 20.2 Å². The van der Waals surface area contributed by atoms with Gasteiger partial charge in [-0.2, -0.15) is 0 Å². The Bertz CT molecular complexity index is 340. The van der Waals surface area contributed by atoms with Crippen molar-refractivity contribution in [2.24, 2.45) is 0 Å². The van der Waals surface area contributed by atoms with Crippen LogP contribution in [0.15, 0.2) is 0 Å². The second-order valence-corrected chi connectivity index (χ2v) is 4.71. The van der Waals surface area contributed by atoms with Crippen LogP contribution in [0.1, 0.15) is 70.6 Å². The van der Waals surface area contributed by atoms with E-state index < -0.39 is 0 Å². The number of hydrogen-bond donors (Lipinski definition) is 1. The molecule has 1 N–H and O–H groups in total. The van der Waals surface area contributed by atoms with Crippen LogP contribution in [0.2, 0.25) is 0 Å². The molecule has 0 aliphatic rings. The molecule has 0 rings (SSSR count). The summed E-state index contributed by atoms with van der Waals surface area (Å²) >= 11 is 0. The maximum absolute atomic E-state index is 8.64. The van der Waals surface area contributed by atoms with Gasteiger partial charge in [0.25, 0.3) is 0 Å². The number of hydrogen-bond acceptors (Lipinski definition) is 1. The maximum Gasteiger partial charge on any atom is 0.0431 e. The molecule has 0 heterocycles. The summed E-state index contributed by atoms with van der Waals surface area (Å²) in [6.45, 7) is 0.344. The first-order valence-corrected chi connectivity index (χ1v) is 7.46. The second kappa shape index (κ2) is 16.6. The summed E-state index contributed by atoms with van der Waals surface area (Å²) < 4.78 is 0. The molecule has 0 aromatic carbocycles. The van der Waals surface area contributed by atoms with E-state index in [0.29, 0.717) is 6.61 Å². The van der Waals surface area contributed by atoms with Crippen molar-refractivity contribution in [3.8, 4) is 36.0 Å². The van der Waals surface area contributed by atoms with E-state index in [9.17, 15) is 0 Å². The molecule has 0 amide bonds. The van der Waals surface area contributed by atoms with E-state index in [1.165, 1.54) is 57.8 Å². The van der Waals surface area contributed by atoms with E-state index in [2.05, 4.69) is 29.6 Å². The summed E-state index contributed by atoms with van der Waals surface area (Å²) in [6.07, 6.45) is 18.4. The normalized spacial score (nSPS) is 8.84. The summed E-state index contributed by atoms with van der Waals surface area (Å²) in [7, 11) is 0. The number of aliphatic hydroxyl groups is 1. The molecule has 0 bridgehead atoms. The molecule has 1 heteroatoms. The van der Waals surface area contributed by atoms with E-state index in [0.717, 1.165) is 12.8 Å². The van der Waals surface area contributed by atoms with Crippen molar-refractivity contribution >= 4 is 0 Å². The number of rotatable bonds is 11. The Morgan fingerprint density at radius 3 is 1.68 bits per heavy atom. The Kier molecular flexibility index (Phi) is 15.4. The van der Waals surface area contributed by atoms with Crippen LogP contribution in [-0.4, -0.2) is 11.7 Å². The van der Waals surface area contributed by atoms with Gasteiger partial charge in [-0.3, -0.25) is 0 Å². The molecule has 0 aromatic rings. The van der Waals surface area contributed by atoms with Crippen LogP contribution in [0.5, 0.6) is 0 Å². The van der Waals surface area contributed by atoms with Gasteiger partial charge in [0.2, 0.25) is 0 Å². The SMILES string of the molecule is C#CC#CC#CCCCCCCCCCCCCO. The summed E-state index contributed by atoms with van der Waals surface area (Å²) in [5.41, 5.74) is 0. The molecule has 0 fully saturated rings. The van der Waals surface area contributed by atoms with E-state index in [1.54, 1.807) is 0 Å². The smallest absolute Gasteiger partial charge is 0.0431 e. The third-order valence-corrected chi connectivity index (χ3v) is 3.00. The largest absolute Gasteiger partial charge is 0.396 e. The van der Waals surface area contributed by atoms with E-state index >= 15 is 0 Å². The fourth-order valence-corrected chi connectivity index (χ4v) is 1.91. The van der Waals surface area contributed by atoms with E-state index in [-0.39, 0.29) is 0 Å². The highest BCUT2D eigenvalue weighted by Gasteiger charge is 1.92. The van der Waals surface area contributed by atoms with Crippen LogP contribution in [0.4, 0.5) is 0 Å². The van der Waals surface area contributed by atoms with Crippen molar-refractivity contribution in [2.75, 3.05) is 6.61 Å². The summed E-state index contributed by atoms with van der Waals surface area (Å²) in [5.74, 6) is 13.1. The van der Waals surface area contributed by atoms with Gasteiger partial charge in [-0.1, -0.05) is 57.3 Å². The maximum atomic E-state index is 8.64. The predicted octanol–water partition coefficient (Wildman–Crippen LogP) is 3.91. The monoisotopic (exact) mass is 258 g/mol. The quantitative estimate of drug-likeness (QED) is 0.440. The number of terminal acetylenes is 1. The highest BCUT2D eigenvalue weighted by molar-refractivity contribution is 5.33. The van der Waals surface area contributed by atoms with Crippen molar-refractivity contribution in [3.05, 3.63) is 0 Å². The van der Waals surface area contributed by atoms with Crippen LogP contribution in [0, 0.1) is 36.0 Å². The van der Waals surface area contributed by atoms with Crippen LogP contribution in [0.3, 0.4) is 0 Å². The zero-order valence-electron chi connectivity index (χ0n) is 12.0. The molecule has 0 radical (unpaired) electrons. The minimum atomic E-state index is 0.344. The summed E-state index contributed by atoms with van der Waals surface area (Å²) in [4.78, 5) is 0. The molecule has 0 unspecified atom stereocenters. The Balaban J connectivity index is 3.10. The number of aliphatic hydroxyl groups excluding tert-OH is 1. The Hall–Kier alpha value is -1.36. The Labute approximate surface area is 119 Å². The zero-order chi connectivity index (χ0) is 14.0. The molecule has 0 aliphatic carbocycles. The highest BCUT2D eigenvalue weighted by Crippen LogP contribution is 2.10. The molecule has 0 aromatic heterocycles. The van der Waals surface area contributed by atoms with Crippen LogP contribution < -0.4 is 0 Å². The van der Waals surface area contributed by atoms with Crippen molar-refractivity contribution in [2.45, 2.75) is 70.6 Å². The van der Waals surface area contributed by atoms with Gasteiger partial charge in [-0.05, 0) is 36.5 Å². The lowest BCUT2D eigenvalue weighted by Crippen LogP contribution is -1.84. The lowest BCUT2D eigenvalue weighted by Gasteiger charge is -2.01. The van der Waals surface area contributed by atoms with Gasteiger partial charge in [0.15, 0.2) is 0 Å². The first kappa shape index (κ1) is 17.6. The van der Waals surface area contributed by atoms with Gasteiger partial charge in [0, 0.05) is 13.0 Å². The van der Waals surface area contributed by atoms with Gasteiger partial charge < -0.3 is 5.11 Å². The third kappa shape index (κ3) is 16.6. The molecule has 0 saturated carbocycles. The molecular formula is C18H26O. The minimum Gasteiger partial charge on any atom is -0.396 e. The average Bonchev–Trinajstić information content (AvgIpc) is 2.43. The van der Waals surface area contributed by atoms with Crippen LogP contribution in [0.25, 0.3) is 0 Å². The van der Waals surface area contributed by atoms with Gasteiger partial charge >= 0.3 is 0 Å². The first-order chi connectivity index (χ1) is 9.41. The Morgan fingerprint density at radius 2 is 1.16 bits per heavy atom. The lowest BCUT2D eigenvalue weighted by molar-refractivity contribution is 0.282. The van der Waals surface area contributed by atoms with E-state index in [4.69, 9.17) is 11.5 Å². The standard InChI is InChI=1S/C18H26O/c1-2-3-4-5-6-7-8-9-10-11-12-13-14-15-16-17-18-19/h1,19H,7-18H2. The van der Waals surface area contributed by atoms with Crippen molar-refractivity contribution in [1.29, 1.82) is 0 Å². The molecule has 0 atom stereocenters. The molecular weight excluding hydrogens is 232 g/mol. The summed E-state index contributed by atoms with van der Waals surface area (Å²) in [6, 6.07) is 0. The zero-order valence-corrected chi connectivity index (χ0v) is 12.0. The van der Waals surface area contributed by atoms with Gasteiger partial charge in [0.05, 0.1) is 0 Å². The summed E-state index contributed by atoms with van der Waals surface area (Å²) in [5, 5.41) is 8.64. The molecule has 1 nitrogen and oxygen atoms in total. The first-order valence-electron chi connectivity index (χ1n) is 7.46. The lowest BCUT2D eigenvalue weighted by atomic mass is 10.1. The fourth-order valence-electron chi connectivity index (χ4n) is 1.91. The average molecular weight is 258 g/mol. The fraction of sp³-hybridized carbons (Fsp3) is 0.667. The predicted molar refractivity (Wildman–Crippen MR) is 82.3 cm³/mol. The van der Waals surface area contributed by atoms with E-state index in [1.807, 2.05) is 0 Å². The third-order valence-electron chi connectivity index (χ3n) is 3.00. The molecule has 0 aliphatic heterocycles. The van der Waals surface area contributed by atoms with Crippen molar-refractivity contribution < 1.29 is 5.11 Å². The minimum absolute atomic E-state index is 0.344. The van der Waals surface area contributed by atoms with Gasteiger partial charge in [-0.15, -0.1) is 6.42 Å². The molecule has 19 heavy (non-hydrogen) atoms. The van der Waals surface area contributed by atoms with Crippen LogP contribution in [-0.2, 0) is 0 Å². The molecule has 0 spiro atoms.